The number of ether oxygens (including phenoxy) is 3. The van der Waals surface area contributed by atoms with Crippen LogP contribution in [0.15, 0.2) is 47.6 Å². The van der Waals surface area contributed by atoms with Gasteiger partial charge in [0, 0.05) is 11.6 Å². The zero-order valence-electron chi connectivity index (χ0n) is 18.2. The molecule has 1 N–H and O–H groups in total. The zero-order chi connectivity index (χ0) is 23.0. The largest absolute Gasteiger partial charge is 0.497 e. The van der Waals surface area contributed by atoms with E-state index >= 15 is 0 Å². The highest BCUT2D eigenvalue weighted by Crippen LogP contribution is 2.25. The van der Waals surface area contributed by atoms with Crippen molar-refractivity contribution in [3.05, 3.63) is 48.0 Å². The fraction of sp³-hybridized carbons (Fsp3) is 0.333. The number of anilines is 1. The number of nitrogens with one attached hydrogen (secondary N) is 1. The van der Waals surface area contributed by atoms with Crippen LogP contribution in [0.4, 0.5) is 5.69 Å². The molecule has 168 valence electrons. The van der Waals surface area contributed by atoms with Gasteiger partial charge in [-0.25, -0.2) is 13.8 Å². The maximum absolute atomic E-state index is 12.6. The van der Waals surface area contributed by atoms with Gasteiger partial charge in [0.1, 0.15) is 23.3 Å². The fourth-order valence-corrected chi connectivity index (χ4v) is 4.02. The molecular formula is C21H27N3O6S. The second kappa shape index (κ2) is 10.7. The lowest BCUT2D eigenvalue weighted by Gasteiger charge is -2.27. The van der Waals surface area contributed by atoms with Gasteiger partial charge < -0.3 is 14.2 Å². The smallest absolute Gasteiger partial charge is 0.263 e. The summed E-state index contributed by atoms with van der Waals surface area (Å²) in [6.07, 6.45) is 2.45. The van der Waals surface area contributed by atoms with Crippen LogP contribution >= 0.6 is 0 Å². The number of methoxy groups -OCH3 is 2. The lowest BCUT2D eigenvalue weighted by atomic mass is 10.2. The molecule has 0 aromatic heterocycles. The highest BCUT2D eigenvalue weighted by atomic mass is 32.2. The van der Waals surface area contributed by atoms with Gasteiger partial charge in [-0.1, -0.05) is 0 Å². The molecule has 31 heavy (non-hydrogen) atoms. The van der Waals surface area contributed by atoms with E-state index < -0.39 is 22.0 Å². The van der Waals surface area contributed by atoms with Crippen LogP contribution in [0.25, 0.3) is 0 Å². The molecule has 10 heteroatoms. The van der Waals surface area contributed by atoms with E-state index in [1.54, 1.807) is 49.6 Å². The molecule has 0 aliphatic carbocycles. The van der Waals surface area contributed by atoms with Crippen molar-refractivity contribution in [1.29, 1.82) is 0 Å². The number of nitrogens with zero attached hydrogens (tertiary/aromatic N) is 2. The Bertz CT molecular complexity index is 1020. The molecule has 0 saturated carbocycles. The van der Waals surface area contributed by atoms with Crippen LogP contribution in [0, 0.1) is 0 Å². The normalized spacial score (nSPS) is 12.3. The summed E-state index contributed by atoms with van der Waals surface area (Å²) >= 11 is 0. The first-order chi connectivity index (χ1) is 14.7. The van der Waals surface area contributed by atoms with Gasteiger partial charge in [0.25, 0.3) is 5.91 Å². The van der Waals surface area contributed by atoms with E-state index in [2.05, 4.69) is 10.5 Å². The summed E-state index contributed by atoms with van der Waals surface area (Å²) in [4.78, 5) is 12.6. The molecule has 0 heterocycles. The molecule has 2 aromatic carbocycles. The monoisotopic (exact) mass is 449 g/mol. The Kier molecular flexibility index (Phi) is 8.26. The minimum atomic E-state index is -3.74. The number of hydrazone groups is 1. The van der Waals surface area contributed by atoms with E-state index in [0.29, 0.717) is 35.1 Å². The first kappa shape index (κ1) is 24.0. The molecule has 0 bridgehead atoms. The molecule has 0 fully saturated rings. The van der Waals surface area contributed by atoms with Gasteiger partial charge >= 0.3 is 0 Å². The van der Waals surface area contributed by atoms with Gasteiger partial charge in [-0.3, -0.25) is 9.10 Å². The minimum Gasteiger partial charge on any atom is -0.497 e. The highest BCUT2D eigenvalue weighted by molar-refractivity contribution is 7.92. The summed E-state index contributed by atoms with van der Waals surface area (Å²) in [6, 6.07) is 10.6. The van der Waals surface area contributed by atoms with E-state index in [4.69, 9.17) is 14.2 Å². The van der Waals surface area contributed by atoms with E-state index in [9.17, 15) is 13.2 Å². The molecule has 0 aliphatic heterocycles. The number of hydrogen-bond donors (Lipinski definition) is 1. The Labute approximate surface area is 182 Å². The minimum absolute atomic E-state index is 0.342. The number of carbonyl (C=O) groups excluding carboxylic acids is 1. The van der Waals surface area contributed by atoms with Crippen molar-refractivity contribution in [3.8, 4) is 17.2 Å². The molecule has 0 spiro atoms. The van der Waals surface area contributed by atoms with Crippen LogP contribution in [0.3, 0.4) is 0 Å². The first-order valence-corrected chi connectivity index (χ1v) is 11.3. The molecular weight excluding hydrogens is 422 g/mol. The maximum Gasteiger partial charge on any atom is 0.263 e. The average Bonchev–Trinajstić information content (AvgIpc) is 2.74. The Balaban J connectivity index is 2.17. The zero-order valence-corrected chi connectivity index (χ0v) is 19.0. The van der Waals surface area contributed by atoms with Crippen molar-refractivity contribution >= 4 is 27.8 Å². The Morgan fingerprint density at radius 3 is 2.32 bits per heavy atom. The lowest BCUT2D eigenvalue weighted by Crippen LogP contribution is -2.46. The predicted molar refractivity (Wildman–Crippen MR) is 120 cm³/mol. The molecule has 0 aliphatic rings. The number of sulfonamides is 1. The quantitative estimate of drug-likeness (QED) is 0.441. The predicted octanol–water partition coefficient (Wildman–Crippen LogP) is 2.41. The average molecular weight is 450 g/mol. The Hall–Kier alpha value is -3.27. The molecule has 2 aromatic rings. The highest BCUT2D eigenvalue weighted by Gasteiger charge is 2.29. The lowest BCUT2D eigenvalue weighted by molar-refractivity contribution is -0.121. The topological polar surface area (TPSA) is 107 Å². The summed E-state index contributed by atoms with van der Waals surface area (Å²) in [5.74, 6) is 1.14. The van der Waals surface area contributed by atoms with Crippen molar-refractivity contribution in [1.82, 2.24) is 5.43 Å². The van der Waals surface area contributed by atoms with Crippen LogP contribution < -0.4 is 23.9 Å². The second-order valence-electron chi connectivity index (χ2n) is 6.50. The number of benzene rings is 2. The summed E-state index contributed by atoms with van der Waals surface area (Å²) < 4.78 is 41.6. The van der Waals surface area contributed by atoms with E-state index in [-0.39, 0.29) is 0 Å². The van der Waals surface area contributed by atoms with Gasteiger partial charge in [-0.05, 0) is 50.2 Å². The van der Waals surface area contributed by atoms with Gasteiger partial charge in [-0.15, -0.1) is 0 Å². The molecule has 0 radical (unpaired) electrons. The molecule has 0 saturated heterocycles. The molecule has 1 atom stereocenters. The van der Waals surface area contributed by atoms with E-state index in [1.807, 2.05) is 6.92 Å². The fourth-order valence-electron chi connectivity index (χ4n) is 2.85. The van der Waals surface area contributed by atoms with Gasteiger partial charge in [0.05, 0.1) is 39.0 Å². The Morgan fingerprint density at radius 1 is 1.13 bits per heavy atom. The van der Waals surface area contributed by atoms with Crippen molar-refractivity contribution in [2.24, 2.45) is 5.10 Å². The summed E-state index contributed by atoms with van der Waals surface area (Å²) in [7, 11) is -0.686. The van der Waals surface area contributed by atoms with Gasteiger partial charge in [0.15, 0.2) is 0 Å². The number of amides is 1. The van der Waals surface area contributed by atoms with Crippen LogP contribution in [-0.4, -0.2) is 53.7 Å². The number of hydrogen-bond acceptors (Lipinski definition) is 7. The van der Waals surface area contributed by atoms with Gasteiger partial charge in [-0.2, -0.15) is 5.10 Å². The van der Waals surface area contributed by atoms with E-state index in [1.165, 1.54) is 20.2 Å². The third-order valence-electron chi connectivity index (χ3n) is 4.31. The van der Waals surface area contributed by atoms with Crippen LogP contribution in [-0.2, 0) is 14.8 Å². The second-order valence-corrected chi connectivity index (χ2v) is 8.36. The third kappa shape index (κ3) is 6.35. The van der Waals surface area contributed by atoms with Gasteiger partial charge in [0.2, 0.25) is 10.0 Å². The molecule has 1 amide bonds. The third-order valence-corrected chi connectivity index (χ3v) is 5.55. The maximum atomic E-state index is 12.6. The molecule has 9 nitrogen and oxygen atoms in total. The van der Waals surface area contributed by atoms with E-state index in [0.717, 1.165) is 10.6 Å². The van der Waals surface area contributed by atoms with Crippen LogP contribution in [0.5, 0.6) is 17.2 Å². The summed E-state index contributed by atoms with van der Waals surface area (Å²) in [5, 5.41) is 3.94. The molecule has 0 unspecified atom stereocenters. The van der Waals surface area contributed by atoms with Crippen molar-refractivity contribution in [3.63, 3.8) is 0 Å². The first-order valence-electron chi connectivity index (χ1n) is 9.48. The SMILES string of the molecule is CCOc1ccc(N([C@@H](C)C(=O)N/N=C\c2ccc(OC)cc2OC)S(C)(=O)=O)cc1. The number of rotatable bonds is 10. The van der Waals surface area contributed by atoms with Crippen LogP contribution in [0.2, 0.25) is 0 Å². The van der Waals surface area contributed by atoms with Crippen molar-refractivity contribution < 1.29 is 27.4 Å². The molecule has 2 rings (SSSR count). The summed E-state index contributed by atoms with van der Waals surface area (Å²) in [6.45, 7) is 3.83. The van der Waals surface area contributed by atoms with Crippen LogP contribution in [0.1, 0.15) is 19.4 Å². The summed E-state index contributed by atoms with van der Waals surface area (Å²) in [5.41, 5.74) is 3.33. The van der Waals surface area contributed by atoms with Crippen molar-refractivity contribution in [2.45, 2.75) is 19.9 Å². The standard InChI is InChI=1S/C21H27N3O6S/c1-6-30-18-11-8-17(9-12-18)24(31(5,26)27)15(2)21(25)23-22-14-16-7-10-19(28-3)13-20(16)29-4/h7-15H,6H2,1-5H3,(H,23,25)/b22-14-/t15-/m0/s1. The van der Waals surface area contributed by atoms with Crippen molar-refractivity contribution in [2.75, 3.05) is 31.4 Å². The Morgan fingerprint density at radius 2 is 1.77 bits per heavy atom. The number of carbonyl (C=O) groups is 1.